The van der Waals surface area contributed by atoms with Gasteiger partial charge in [-0.05, 0) is 35.4 Å². The summed E-state index contributed by atoms with van der Waals surface area (Å²) in [7, 11) is 0. The number of carbonyl (C=O) groups excluding carboxylic acids is 1. The topological polar surface area (TPSA) is 46.5 Å². The van der Waals surface area contributed by atoms with E-state index in [9.17, 15) is 9.90 Å². The van der Waals surface area contributed by atoms with Gasteiger partial charge in [-0.25, -0.2) is 4.79 Å². The molecule has 2 aromatic carbocycles. The molecule has 4 heteroatoms. The van der Waals surface area contributed by atoms with E-state index in [0.717, 1.165) is 11.1 Å². The first-order valence-corrected chi connectivity index (χ1v) is 6.88. The van der Waals surface area contributed by atoms with E-state index in [1.807, 2.05) is 12.1 Å². The standard InChI is InChI=1S/C17H13ClO3/c1-10-15(11-2-6-13(18)7-3-11)16(21-17(10)20)12-4-8-14(19)9-5-12/h2-9,15-16,19H,1H2. The van der Waals surface area contributed by atoms with Gasteiger partial charge in [0.2, 0.25) is 0 Å². The minimum atomic E-state index is -0.438. The highest BCUT2D eigenvalue weighted by molar-refractivity contribution is 6.30. The van der Waals surface area contributed by atoms with Gasteiger partial charge in [0.1, 0.15) is 11.9 Å². The van der Waals surface area contributed by atoms with E-state index >= 15 is 0 Å². The van der Waals surface area contributed by atoms with Crippen LogP contribution in [0.2, 0.25) is 5.02 Å². The number of benzene rings is 2. The largest absolute Gasteiger partial charge is 0.508 e. The first-order valence-electron chi connectivity index (χ1n) is 6.50. The van der Waals surface area contributed by atoms with Crippen molar-refractivity contribution < 1.29 is 14.6 Å². The number of halogens is 1. The number of cyclic esters (lactones) is 1. The number of ether oxygens (including phenoxy) is 1. The lowest BCUT2D eigenvalue weighted by Gasteiger charge is -2.18. The first-order chi connectivity index (χ1) is 10.1. The molecule has 0 amide bonds. The van der Waals surface area contributed by atoms with Crippen LogP contribution in [0.25, 0.3) is 0 Å². The summed E-state index contributed by atoms with van der Waals surface area (Å²) in [6.45, 7) is 3.85. The molecule has 1 heterocycles. The Labute approximate surface area is 127 Å². The van der Waals surface area contributed by atoms with Crippen molar-refractivity contribution >= 4 is 17.6 Å². The zero-order valence-corrected chi connectivity index (χ0v) is 11.9. The van der Waals surface area contributed by atoms with Crippen LogP contribution < -0.4 is 0 Å². The van der Waals surface area contributed by atoms with Crippen LogP contribution in [0.3, 0.4) is 0 Å². The molecule has 1 N–H and O–H groups in total. The van der Waals surface area contributed by atoms with Crippen LogP contribution in [-0.4, -0.2) is 11.1 Å². The maximum atomic E-state index is 11.9. The fourth-order valence-corrected chi connectivity index (χ4v) is 2.67. The highest BCUT2D eigenvalue weighted by Gasteiger charge is 2.40. The predicted octanol–water partition coefficient (Wildman–Crippen LogP) is 3.98. The maximum absolute atomic E-state index is 11.9. The van der Waals surface area contributed by atoms with Gasteiger partial charge in [-0.2, -0.15) is 0 Å². The van der Waals surface area contributed by atoms with Gasteiger partial charge in [0, 0.05) is 10.6 Å². The van der Waals surface area contributed by atoms with Gasteiger partial charge in [0.05, 0.1) is 5.92 Å². The summed E-state index contributed by atoms with van der Waals surface area (Å²) in [5, 5.41) is 10.0. The molecule has 0 aliphatic carbocycles. The number of carbonyl (C=O) groups is 1. The molecule has 2 aromatic rings. The van der Waals surface area contributed by atoms with Crippen LogP contribution in [0.15, 0.2) is 60.7 Å². The number of aromatic hydroxyl groups is 1. The summed E-state index contributed by atoms with van der Waals surface area (Å²) in [6.07, 6.45) is -0.438. The highest BCUT2D eigenvalue weighted by atomic mass is 35.5. The summed E-state index contributed by atoms with van der Waals surface area (Å²) in [5.74, 6) is -0.475. The van der Waals surface area contributed by atoms with Gasteiger partial charge in [0.25, 0.3) is 0 Å². The molecule has 2 unspecified atom stereocenters. The van der Waals surface area contributed by atoms with Crippen molar-refractivity contribution in [2.45, 2.75) is 12.0 Å². The quantitative estimate of drug-likeness (QED) is 0.674. The Morgan fingerprint density at radius 1 is 1.00 bits per heavy atom. The van der Waals surface area contributed by atoms with Crippen LogP contribution >= 0.6 is 11.6 Å². The van der Waals surface area contributed by atoms with Crippen LogP contribution in [-0.2, 0) is 9.53 Å². The lowest BCUT2D eigenvalue weighted by atomic mass is 9.86. The van der Waals surface area contributed by atoms with Crippen molar-refractivity contribution in [2.24, 2.45) is 0 Å². The van der Waals surface area contributed by atoms with Crippen LogP contribution in [0.5, 0.6) is 5.75 Å². The Morgan fingerprint density at radius 2 is 1.57 bits per heavy atom. The van der Waals surface area contributed by atoms with Crippen LogP contribution in [0.1, 0.15) is 23.1 Å². The fraction of sp³-hybridized carbons (Fsp3) is 0.118. The molecule has 3 rings (SSSR count). The van der Waals surface area contributed by atoms with Gasteiger partial charge < -0.3 is 9.84 Å². The smallest absolute Gasteiger partial charge is 0.334 e. The molecule has 21 heavy (non-hydrogen) atoms. The molecular formula is C17H13ClO3. The fourth-order valence-electron chi connectivity index (χ4n) is 2.54. The van der Waals surface area contributed by atoms with E-state index in [1.165, 1.54) is 0 Å². The second-order valence-corrected chi connectivity index (χ2v) is 5.41. The van der Waals surface area contributed by atoms with E-state index in [-0.39, 0.29) is 11.7 Å². The zero-order valence-electron chi connectivity index (χ0n) is 11.1. The number of esters is 1. The third kappa shape index (κ3) is 2.52. The summed E-state index contributed by atoms with van der Waals surface area (Å²) in [5.41, 5.74) is 2.17. The molecular weight excluding hydrogens is 288 g/mol. The summed E-state index contributed by atoms with van der Waals surface area (Å²) in [4.78, 5) is 11.9. The molecule has 1 saturated heterocycles. The van der Waals surface area contributed by atoms with Gasteiger partial charge in [-0.15, -0.1) is 0 Å². The molecule has 0 saturated carbocycles. The monoisotopic (exact) mass is 300 g/mol. The average Bonchev–Trinajstić information content (AvgIpc) is 2.77. The lowest BCUT2D eigenvalue weighted by Crippen LogP contribution is -2.07. The molecule has 0 bridgehead atoms. The molecule has 1 aliphatic heterocycles. The Morgan fingerprint density at radius 3 is 2.19 bits per heavy atom. The minimum Gasteiger partial charge on any atom is -0.508 e. The number of phenols is 1. The summed E-state index contributed by atoms with van der Waals surface area (Å²) < 4.78 is 5.44. The number of rotatable bonds is 2. The molecule has 106 valence electrons. The van der Waals surface area contributed by atoms with E-state index in [4.69, 9.17) is 16.3 Å². The predicted molar refractivity (Wildman–Crippen MR) is 80.3 cm³/mol. The molecule has 1 fully saturated rings. The lowest BCUT2D eigenvalue weighted by molar-refractivity contribution is -0.139. The molecule has 1 aliphatic rings. The van der Waals surface area contributed by atoms with Crippen molar-refractivity contribution in [3.63, 3.8) is 0 Å². The Bertz CT molecular complexity index is 689. The van der Waals surface area contributed by atoms with E-state index in [2.05, 4.69) is 6.58 Å². The van der Waals surface area contributed by atoms with Crippen molar-refractivity contribution in [3.8, 4) is 5.75 Å². The SMILES string of the molecule is C=C1C(=O)OC(c2ccc(O)cc2)C1c1ccc(Cl)cc1. The van der Waals surface area contributed by atoms with Crippen LogP contribution in [0.4, 0.5) is 0 Å². The second-order valence-electron chi connectivity index (χ2n) is 4.97. The van der Waals surface area contributed by atoms with Gasteiger partial charge in [0.15, 0.2) is 0 Å². The second kappa shape index (κ2) is 5.26. The van der Waals surface area contributed by atoms with Crippen molar-refractivity contribution in [1.82, 2.24) is 0 Å². The number of phenolic OH excluding ortho intramolecular Hbond substituents is 1. The minimum absolute atomic E-state index is 0.171. The maximum Gasteiger partial charge on any atom is 0.334 e. The molecule has 0 radical (unpaired) electrons. The molecule has 3 nitrogen and oxygen atoms in total. The first kappa shape index (κ1) is 13.7. The van der Waals surface area contributed by atoms with Crippen molar-refractivity contribution in [1.29, 1.82) is 0 Å². The highest BCUT2D eigenvalue weighted by Crippen LogP contribution is 2.45. The molecule has 0 spiro atoms. The normalized spacial score (nSPS) is 21.4. The number of hydrogen-bond acceptors (Lipinski definition) is 3. The van der Waals surface area contributed by atoms with Crippen LogP contribution in [0, 0.1) is 0 Å². The summed E-state index contributed by atoms with van der Waals surface area (Å²) >= 11 is 5.91. The Balaban J connectivity index is 2.02. The average molecular weight is 301 g/mol. The van der Waals surface area contributed by atoms with E-state index in [1.54, 1.807) is 36.4 Å². The molecule has 2 atom stereocenters. The Hall–Kier alpha value is -2.26. The third-order valence-electron chi connectivity index (χ3n) is 3.63. The van der Waals surface area contributed by atoms with Crippen molar-refractivity contribution in [2.75, 3.05) is 0 Å². The zero-order chi connectivity index (χ0) is 15.0. The van der Waals surface area contributed by atoms with E-state index in [0.29, 0.717) is 10.6 Å². The Kier molecular flexibility index (Phi) is 3.43. The molecule has 0 aromatic heterocycles. The van der Waals surface area contributed by atoms with Crippen molar-refractivity contribution in [3.05, 3.63) is 76.8 Å². The number of hydrogen-bond donors (Lipinski definition) is 1. The third-order valence-corrected chi connectivity index (χ3v) is 3.88. The summed E-state index contributed by atoms with van der Waals surface area (Å²) in [6, 6.07) is 13.9. The van der Waals surface area contributed by atoms with Gasteiger partial charge in [-0.1, -0.05) is 42.4 Å². The van der Waals surface area contributed by atoms with Gasteiger partial charge >= 0.3 is 5.97 Å². The van der Waals surface area contributed by atoms with Gasteiger partial charge in [-0.3, -0.25) is 0 Å². The van der Waals surface area contributed by atoms with E-state index < -0.39 is 12.1 Å².